The molecule has 1 aromatic rings. The molecule has 1 amide bonds. The summed E-state index contributed by atoms with van der Waals surface area (Å²) in [4.78, 5) is 12.2. The van der Waals surface area contributed by atoms with Gasteiger partial charge in [0.2, 0.25) is 5.76 Å². The second kappa shape index (κ2) is 5.57. The summed E-state index contributed by atoms with van der Waals surface area (Å²) < 4.78 is 10.8. The van der Waals surface area contributed by atoms with Crippen LogP contribution in [0.3, 0.4) is 0 Å². The molecule has 1 heterocycles. The van der Waals surface area contributed by atoms with Crippen molar-refractivity contribution < 1.29 is 14.3 Å². The van der Waals surface area contributed by atoms with E-state index >= 15 is 0 Å². The average molecular weight is 273 g/mol. The molecule has 1 aliphatic carbocycles. The Labute approximate surface area is 118 Å². The Hall–Kier alpha value is -1.97. The van der Waals surface area contributed by atoms with Gasteiger partial charge < -0.3 is 14.8 Å². The normalized spacial score (nSPS) is 21.6. The minimum Gasteiger partial charge on any atom is -0.491 e. The Morgan fingerprint density at radius 3 is 2.75 bits per heavy atom. The minimum atomic E-state index is -0.161. The highest BCUT2D eigenvalue weighted by Crippen LogP contribution is 2.22. The van der Waals surface area contributed by atoms with E-state index in [2.05, 4.69) is 23.5 Å². The predicted octanol–water partition coefficient (Wildman–Crippen LogP) is 1.94. The smallest absolute Gasteiger partial charge is 0.290 e. The van der Waals surface area contributed by atoms with Crippen LogP contribution in [0, 0.1) is 0 Å². The maximum atomic E-state index is 12.2. The van der Waals surface area contributed by atoms with E-state index in [0.29, 0.717) is 24.7 Å². The van der Waals surface area contributed by atoms with Crippen molar-refractivity contribution >= 4 is 5.91 Å². The average Bonchev–Trinajstić information content (AvgIpc) is 2.47. The van der Waals surface area contributed by atoms with Gasteiger partial charge in [0.1, 0.15) is 19.0 Å². The van der Waals surface area contributed by atoms with E-state index in [9.17, 15) is 4.79 Å². The molecule has 0 fully saturated rings. The van der Waals surface area contributed by atoms with Crippen LogP contribution in [0.25, 0.3) is 0 Å². The van der Waals surface area contributed by atoms with Gasteiger partial charge in [-0.15, -0.1) is 0 Å². The zero-order chi connectivity index (χ0) is 13.9. The largest absolute Gasteiger partial charge is 0.491 e. The summed E-state index contributed by atoms with van der Waals surface area (Å²) in [6.07, 6.45) is 2.86. The Bertz CT molecular complexity index is 550. The van der Waals surface area contributed by atoms with Gasteiger partial charge >= 0.3 is 0 Å². The SMILES string of the molecule is CC1=C(C(=O)NC2CCc3ccccc3C2)OCCO1. The first-order valence-electron chi connectivity index (χ1n) is 7.08. The van der Waals surface area contributed by atoms with Gasteiger partial charge in [-0.05, 0) is 37.3 Å². The fourth-order valence-electron chi connectivity index (χ4n) is 2.80. The van der Waals surface area contributed by atoms with Gasteiger partial charge in [-0.1, -0.05) is 24.3 Å². The quantitative estimate of drug-likeness (QED) is 0.895. The Balaban J connectivity index is 1.66. The van der Waals surface area contributed by atoms with E-state index in [1.807, 2.05) is 6.07 Å². The van der Waals surface area contributed by atoms with E-state index in [4.69, 9.17) is 9.47 Å². The molecule has 3 rings (SSSR count). The number of ether oxygens (including phenoxy) is 2. The number of allylic oxidation sites excluding steroid dienone is 1. The molecule has 1 unspecified atom stereocenters. The van der Waals surface area contributed by atoms with Crippen molar-refractivity contribution in [2.45, 2.75) is 32.2 Å². The second-order valence-electron chi connectivity index (χ2n) is 5.26. The Morgan fingerprint density at radius 1 is 1.20 bits per heavy atom. The zero-order valence-electron chi connectivity index (χ0n) is 11.6. The van der Waals surface area contributed by atoms with E-state index < -0.39 is 0 Å². The maximum Gasteiger partial charge on any atom is 0.290 e. The summed E-state index contributed by atoms with van der Waals surface area (Å²) in [5.41, 5.74) is 2.72. The lowest BCUT2D eigenvalue weighted by Gasteiger charge is -2.27. The summed E-state index contributed by atoms with van der Waals surface area (Å²) >= 11 is 0. The number of rotatable bonds is 2. The van der Waals surface area contributed by atoms with Crippen LogP contribution in [0.15, 0.2) is 35.8 Å². The van der Waals surface area contributed by atoms with Crippen molar-refractivity contribution in [3.8, 4) is 0 Å². The van der Waals surface area contributed by atoms with Crippen LogP contribution in [0.1, 0.15) is 24.5 Å². The first-order chi connectivity index (χ1) is 9.74. The number of fused-ring (bicyclic) bond motifs is 1. The van der Waals surface area contributed by atoms with Gasteiger partial charge in [0.25, 0.3) is 5.91 Å². The molecule has 20 heavy (non-hydrogen) atoms. The lowest BCUT2D eigenvalue weighted by Crippen LogP contribution is -2.41. The van der Waals surface area contributed by atoms with Crippen molar-refractivity contribution in [3.05, 3.63) is 46.9 Å². The lowest BCUT2D eigenvalue weighted by atomic mass is 9.88. The highest BCUT2D eigenvalue weighted by atomic mass is 16.6. The van der Waals surface area contributed by atoms with Crippen molar-refractivity contribution in [1.82, 2.24) is 5.32 Å². The molecular formula is C16H19NO3. The third kappa shape index (κ3) is 2.64. The minimum absolute atomic E-state index is 0.161. The van der Waals surface area contributed by atoms with E-state index in [1.165, 1.54) is 11.1 Å². The number of carbonyl (C=O) groups is 1. The number of amides is 1. The van der Waals surface area contributed by atoms with Gasteiger partial charge in [-0.3, -0.25) is 4.79 Å². The van der Waals surface area contributed by atoms with Crippen LogP contribution in [0.5, 0.6) is 0 Å². The fourth-order valence-corrected chi connectivity index (χ4v) is 2.80. The van der Waals surface area contributed by atoms with Crippen LogP contribution in [0.4, 0.5) is 0 Å². The van der Waals surface area contributed by atoms with E-state index in [-0.39, 0.29) is 11.9 Å². The predicted molar refractivity (Wildman–Crippen MR) is 75.0 cm³/mol. The van der Waals surface area contributed by atoms with E-state index in [1.54, 1.807) is 6.92 Å². The van der Waals surface area contributed by atoms with Gasteiger partial charge in [-0.25, -0.2) is 0 Å². The second-order valence-corrected chi connectivity index (χ2v) is 5.26. The number of benzene rings is 1. The van der Waals surface area contributed by atoms with Gasteiger partial charge in [-0.2, -0.15) is 0 Å². The molecular weight excluding hydrogens is 254 g/mol. The van der Waals surface area contributed by atoms with Gasteiger partial charge in [0, 0.05) is 6.04 Å². The molecule has 0 bridgehead atoms. The standard InChI is InChI=1S/C16H19NO3/c1-11-15(20-9-8-19-11)16(18)17-14-7-6-12-4-2-3-5-13(12)10-14/h2-5,14H,6-10H2,1H3,(H,17,18). The Kier molecular flexibility index (Phi) is 3.63. The number of aryl methyl sites for hydroxylation is 1. The molecule has 1 atom stereocenters. The molecule has 1 aliphatic heterocycles. The van der Waals surface area contributed by atoms with Gasteiger partial charge in [0.05, 0.1) is 0 Å². The molecule has 0 aromatic heterocycles. The molecule has 1 aromatic carbocycles. The third-order valence-corrected chi connectivity index (χ3v) is 3.86. The summed E-state index contributed by atoms with van der Waals surface area (Å²) in [5, 5.41) is 3.06. The van der Waals surface area contributed by atoms with E-state index in [0.717, 1.165) is 19.3 Å². The van der Waals surface area contributed by atoms with Crippen LogP contribution >= 0.6 is 0 Å². The van der Waals surface area contributed by atoms with Gasteiger partial charge in [0.15, 0.2) is 0 Å². The topological polar surface area (TPSA) is 47.6 Å². The van der Waals surface area contributed by atoms with Crippen LogP contribution in [-0.2, 0) is 27.1 Å². The van der Waals surface area contributed by atoms with Crippen molar-refractivity contribution in [2.24, 2.45) is 0 Å². The van der Waals surface area contributed by atoms with Crippen molar-refractivity contribution in [3.63, 3.8) is 0 Å². The zero-order valence-corrected chi connectivity index (χ0v) is 11.6. The number of hydrogen-bond acceptors (Lipinski definition) is 3. The summed E-state index contributed by atoms with van der Waals surface area (Å²) in [5.74, 6) is 0.742. The highest BCUT2D eigenvalue weighted by Gasteiger charge is 2.25. The fraction of sp³-hybridized carbons (Fsp3) is 0.438. The van der Waals surface area contributed by atoms with Crippen LogP contribution < -0.4 is 5.32 Å². The monoisotopic (exact) mass is 273 g/mol. The van der Waals surface area contributed by atoms with Crippen LogP contribution in [0.2, 0.25) is 0 Å². The summed E-state index contributed by atoms with van der Waals surface area (Å²) in [7, 11) is 0. The first-order valence-corrected chi connectivity index (χ1v) is 7.08. The molecule has 4 nitrogen and oxygen atoms in total. The number of nitrogens with one attached hydrogen (secondary N) is 1. The maximum absolute atomic E-state index is 12.2. The molecule has 0 radical (unpaired) electrons. The molecule has 0 saturated heterocycles. The molecule has 106 valence electrons. The van der Waals surface area contributed by atoms with Crippen molar-refractivity contribution in [1.29, 1.82) is 0 Å². The van der Waals surface area contributed by atoms with Crippen molar-refractivity contribution in [2.75, 3.05) is 13.2 Å². The molecule has 4 heteroatoms. The lowest BCUT2D eigenvalue weighted by molar-refractivity contribution is -0.123. The number of hydrogen-bond donors (Lipinski definition) is 1. The Morgan fingerprint density at radius 2 is 1.95 bits per heavy atom. The van der Waals surface area contributed by atoms with Crippen LogP contribution in [-0.4, -0.2) is 25.2 Å². The first kappa shape index (κ1) is 13.0. The molecule has 1 N–H and O–H groups in total. The molecule has 2 aliphatic rings. The molecule has 0 saturated carbocycles. The summed E-state index contributed by atoms with van der Waals surface area (Å²) in [6, 6.07) is 8.59. The highest BCUT2D eigenvalue weighted by molar-refractivity contribution is 5.92. The summed E-state index contributed by atoms with van der Waals surface area (Å²) in [6.45, 7) is 2.72. The third-order valence-electron chi connectivity index (χ3n) is 3.86. The molecule has 0 spiro atoms. The number of carbonyl (C=O) groups excluding carboxylic acids is 1.